The molecule has 0 rings (SSSR count). The Morgan fingerprint density at radius 3 is 2.47 bits per heavy atom. The molecule has 0 aromatic carbocycles. The van der Waals surface area contributed by atoms with Crippen molar-refractivity contribution in [2.75, 3.05) is 19.6 Å². The Labute approximate surface area is 92.0 Å². The summed E-state index contributed by atoms with van der Waals surface area (Å²) in [7, 11) is 0. The van der Waals surface area contributed by atoms with E-state index in [0.717, 1.165) is 32.1 Å². The highest BCUT2D eigenvalue weighted by Gasteiger charge is 2.06. The molecule has 0 saturated carbocycles. The summed E-state index contributed by atoms with van der Waals surface area (Å²) in [6.07, 6.45) is 4.77. The number of carbonyl (C=O) groups excluding carboxylic acids is 2. The molecule has 0 aromatic heterocycles. The van der Waals surface area contributed by atoms with Gasteiger partial charge in [0.1, 0.15) is 0 Å². The zero-order valence-electron chi connectivity index (χ0n) is 9.79. The van der Waals surface area contributed by atoms with Crippen LogP contribution >= 0.6 is 0 Å². The van der Waals surface area contributed by atoms with Crippen LogP contribution in [0.15, 0.2) is 0 Å². The highest BCUT2D eigenvalue weighted by Crippen LogP contribution is 1.91. The van der Waals surface area contributed by atoms with E-state index in [1.165, 1.54) is 4.90 Å². The van der Waals surface area contributed by atoms with Gasteiger partial charge in [0.2, 0.25) is 12.3 Å². The number of amides is 2. The lowest BCUT2D eigenvalue weighted by Crippen LogP contribution is -2.37. The molecular formula is C11H22N2O2. The third-order valence-electron chi connectivity index (χ3n) is 2.15. The van der Waals surface area contributed by atoms with Crippen LogP contribution in [-0.4, -0.2) is 36.9 Å². The molecule has 0 unspecified atom stereocenters. The van der Waals surface area contributed by atoms with Gasteiger partial charge in [0.15, 0.2) is 0 Å². The molecule has 88 valence electrons. The van der Waals surface area contributed by atoms with Crippen molar-refractivity contribution in [1.82, 2.24) is 10.2 Å². The lowest BCUT2D eigenvalue weighted by atomic mass is 10.3. The highest BCUT2D eigenvalue weighted by molar-refractivity contribution is 5.79. The SMILES string of the molecule is CCCCNC(=O)CN(C=O)CCCC. The molecule has 0 aromatic rings. The third kappa shape index (κ3) is 7.97. The molecule has 15 heavy (non-hydrogen) atoms. The number of hydrogen-bond donors (Lipinski definition) is 1. The van der Waals surface area contributed by atoms with Crippen LogP contribution in [0.4, 0.5) is 0 Å². The van der Waals surface area contributed by atoms with Crippen molar-refractivity contribution in [1.29, 1.82) is 0 Å². The Bertz CT molecular complexity index is 183. The van der Waals surface area contributed by atoms with Crippen molar-refractivity contribution < 1.29 is 9.59 Å². The van der Waals surface area contributed by atoms with Crippen molar-refractivity contribution >= 4 is 12.3 Å². The second kappa shape index (κ2) is 9.49. The van der Waals surface area contributed by atoms with Gasteiger partial charge in [-0.05, 0) is 12.8 Å². The summed E-state index contributed by atoms with van der Waals surface area (Å²) in [5, 5.41) is 2.79. The molecule has 1 N–H and O–H groups in total. The summed E-state index contributed by atoms with van der Waals surface area (Å²) in [6.45, 7) is 5.69. The van der Waals surface area contributed by atoms with Crippen LogP contribution in [0.5, 0.6) is 0 Å². The van der Waals surface area contributed by atoms with E-state index in [2.05, 4.69) is 19.2 Å². The van der Waals surface area contributed by atoms with Crippen LogP contribution in [0.25, 0.3) is 0 Å². The second-order valence-corrected chi connectivity index (χ2v) is 3.63. The fraction of sp³-hybridized carbons (Fsp3) is 0.818. The summed E-state index contributed by atoms with van der Waals surface area (Å²) in [6, 6.07) is 0. The first kappa shape index (κ1) is 13.9. The Morgan fingerprint density at radius 2 is 1.93 bits per heavy atom. The molecule has 0 bridgehead atoms. The van der Waals surface area contributed by atoms with Gasteiger partial charge in [-0.2, -0.15) is 0 Å². The molecule has 2 amide bonds. The number of hydrogen-bond acceptors (Lipinski definition) is 2. The molecule has 0 aliphatic rings. The minimum absolute atomic E-state index is 0.0633. The van der Waals surface area contributed by atoms with E-state index in [0.29, 0.717) is 13.1 Å². The predicted octanol–water partition coefficient (Wildman–Crippen LogP) is 1.16. The van der Waals surface area contributed by atoms with Crippen molar-refractivity contribution in [3.05, 3.63) is 0 Å². The molecular weight excluding hydrogens is 192 g/mol. The molecule has 0 aliphatic carbocycles. The van der Waals surface area contributed by atoms with Crippen molar-refractivity contribution in [3.8, 4) is 0 Å². The first-order valence-electron chi connectivity index (χ1n) is 5.70. The summed E-state index contributed by atoms with van der Waals surface area (Å²) >= 11 is 0. The maximum atomic E-state index is 11.3. The summed E-state index contributed by atoms with van der Waals surface area (Å²) < 4.78 is 0. The normalized spacial score (nSPS) is 9.73. The third-order valence-corrected chi connectivity index (χ3v) is 2.15. The van der Waals surface area contributed by atoms with E-state index in [1.54, 1.807) is 0 Å². The van der Waals surface area contributed by atoms with E-state index >= 15 is 0 Å². The Morgan fingerprint density at radius 1 is 1.27 bits per heavy atom. The number of carbonyl (C=O) groups is 2. The number of unbranched alkanes of at least 4 members (excludes halogenated alkanes) is 2. The van der Waals surface area contributed by atoms with Crippen molar-refractivity contribution in [2.24, 2.45) is 0 Å². The van der Waals surface area contributed by atoms with E-state index in [-0.39, 0.29) is 12.5 Å². The van der Waals surface area contributed by atoms with Crippen LogP contribution in [0, 0.1) is 0 Å². The first-order chi connectivity index (χ1) is 7.24. The van der Waals surface area contributed by atoms with Crippen molar-refractivity contribution in [3.63, 3.8) is 0 Å². The molecule has 0 saturated heterocycles. The van der Waals surface area contributed by atoms with Gasteiger partial charge in [0.25, 0.3) is 0 Å². The number of rotatable bonds is 9. The van der Waals surface area contributed by atoms with Crippen LogP contribution in [0.1, 0.15) is 39.5 Å². The van der Waals surface area contributed by atoms with E-state index in [9.17, 15) is 9.59 Å². The van der Waals surface area contributed by atoms with Gasteiger partial charge >= 0.3 is 0 Å². The summed E-state index contributed by atoms with van der Waals surface area (Å²) in [4.78, 5) is 23.5. The van der Waals surface area contributed by atoms with Crippen LogP contribution in [0.2, 0.25) is 0 Å². The predicted molar refractivity (Wildman–Crippen MR) is 60.5 cm³/mol. The molecule has 0 atom stereocenters. The second-order valence-electron chi connectivity index (χ2n) is 3.63. The molecule has 0 radical (unpaired) electrons. The number of nitrogens with one attached hydrogen (secondary N) is 1. The minimum atomic E-state index is -0.0633. The molecule has 0 heterocycles. The largest absolute Gasteiger partial charge is 0.355 e. The maximum Gasteiger partial charge on any atom is 0.239 e. The molecule has 0 spiro atoms. The molecule has 0 aliphatic heterocycles. The Kier molecular flexibility index (Phi) is 8.82. The smallest absolute Gasteiger partial charge is 0.239 e. The lowest BCUT2D eigenvalue weighted by molar-refractivity contribution is -0.128. The lowest BCUT2D eigenvalue weighted by Gasteiger charge is -2.16. The minimum Gasteiger partial charge on any atom is -0.355 e. The van der Waals surface area contributed by atoms with E-state index < -0.39 is 0 Å². The van der Waals surface area contributed by atoms with E-state index in [1.807, 2.05) is 0 Å². The average molecular weight is 214 g/mol. The van der Waals surface area contributed by atoms with Crippen LogP contribution in [-0.2, 0) is 9.59 Å². The van der Waals surface area contributed by atoms with Crippen LogP contribution < -0.4 is 5.32 Å². The Balaban J connectivity index is 3.65. The molecule has 0 fully saturated rings. The van der Waals surface area contributed by atoms with Gasteiger partial charge in [0.05, 0.1) is 6.54 Å². The van der Waals surface area contributed by atoms with E-state index in [4.69, 9.17) is 0 Å². The highest BCUT2D eigenvalue weighted by atomic mass is 16.2. The zero-order valence-corrected chi connectivity index (χ0v) is 9.79. The topological polar surface area (TPSA) is 49.4 Å². The summed E-state index contributed by atoms with van der Waals surface area (Å²) in [5.74, 6) is -0.0633. The van der Waals surface area contributed by atoms with Gasteiger partial charge in [-0.25, -0.2) is 0 Å². The fourth-order valence-electron chi connectivity index (χ4n) is 1.18. The summed E-state index contributed by atoms with van der Waals surface area (Å²) in [5.41, 5.74) is 0. The van der Waals surface area contributed by atoms with Gasteiger partial charge < -0.3 is 10.2 Å². The van der Waals surface area contributed by atoms with Gasteiger partial charge in [-0.15, -0.1) is 0 Å². The fourth-order valence-corrected chi connectivity index (χ4v) is 1.18. The molecule has 4 nitrogen and oxygen atoms in total. The number of nitrogens with zero attached hydrogens (tertiary/aromatic N) is 1. The zero-order chi connectivity index (χ0) is 11.5. The van der Waals surface area contributed by atoms with Crippen LogP contribution in [0.3, 0.4) is 0 Å². The van der Waals surface area contributed by atoms with Gasteiger partial charge in [-0.3, -0.25) is 9.59 Å². The molecule has 4 heteroatoms. The van der Waals surface area contributed by atoms with Gasteiger partial charge in [-0.1, -0.05) is 26.7 Å². The average Bonchev–Trinajstić information content (AvgIpc) is 2.24. The first-order valence-corrected chi connectivity index (χ1v) is 5.70. The monoisotopic (exact) mass is 214 g/mol. The maximum absolute atomic E-state index is 11.3. The quantitative estimate of drug-likeness (QED) is 0.462. The standard InChI is InChI=1S/C11H22N2O2/c1-3-5-7-12-11(15)9-13(10-14)8-6-4-2/h10H,3-9H2,1-2H3,(H,12,15). The Hall–Kier alpha value is -1.06. The van der Waals surface area contributed by atoms with Crippen molar-refractivity contribution in [2.45, 2.75) is 39.5 Å². The van der Waals surface area contributed by atoms with Gasteiger partial charge in [0, 0.05) is 13.1 Å².